The lowest BCUT2D eigenvalue weighted by molar-refractivity contribution is -0.137. The summed E-state index contributed by atoms with van der Waals surface area (Å²) in [4.78, 5) is 12.1. The van der Waals surface area contributed by atoms with Gasteiger partial charge in [0.1, 0.15) is 0 Å². The maximum absolute atomic E-state index is 12.7. The molecule has 1 heterocycles. The van der Waals surface area contributed by atoms with E-state index in [1.807, 2.05) is 0 Å². The quantitative estimate of drug-likeness (QED) is 0.617. The Bertz CT molecular complexity index is 939. The zero-order valence-electron chi connectivity index (χ0n) is 13.0. The minimum atomic E-state index is -4.51. The molecule has 0 aliphatic carbocycles. The number of nitrogens with one attached hydrogen (secondary N) is 2. The molecule has 2 aromatic carbocycles. The molecule has 0 saturated carbocycles. The SMILES string of the molecule is O=C(Nc1cccc(C(F)(F)F)c1)Nc1ccccc1-c1nncn1O. The first-order valence-corrected chi connectivity index (χ1v) is 7.28. The van der Waals surface area contributed by atoms with Crippen LogP contribution in [0.1, 0.15) is 5.56 Å². The van der Waals surface area contributed by atoms with Gasteiger partial charge in [0.2, 0.25) is 5.82 Å². The van der Waals surface area contributed by atoms with Gasteiger partial charge in [-0.2, -0.15) is 17.9 Å². The van der Waals surface area contributed by atoms with Crippen LogP contribution < -0.4 is 10.6 Å². The Balaban J connectivity index is 1.79. The fourth-order valence-corrected chi connectivity index (χ4v) is 2.25. The minimum absolute atomic E-state index is 0.0138. The molecule has 0 atom stereocenters. The van der Waals surface area contributed by atoms with Crippen molar-refractivity contribution in [3.05, 3.63) is 60.4 Å². The topological polar surface area (TPSA) is 92.1 Å². The van der Waals surface area contributed by atoms with Gasteiger partial charge in [-0.05, 0) is 30.3 Å². The van der Waals surface area contributed by atoms with Crippen molar-refractivity contribution in [1.82, 2.24) is 14.9 Å². The van der Waals surface area contributed by atoms with Crippen LogP contribution in [-0.2, 0) is 6.18 Å². The van der Waals surface area contributed by atoms with Gasteiger partial charge >= 0.3 is 12.2 Å². The summed E-state index contributed by atoms with van der Waals surface area (Å²) in [5.41, 5.74) is -0.212. The number of rotatable bonds is 3. The van der Waals surface area contributed by atoms with Crippen molar-refractivity contribution in [2.45, 2.75) is 6.18 Å². The lowest BCUT2D eigenvalue weighted by atomic mass is 10.1. The molecule has 0 unspecified atom stereocenters. The average Bonchev–Trinajstić information content (AvgIpc) is 3.00. The number of hydrogen-bond acceptors (Lipinski definition) is 4. The molecule has 0 fully saturated rings. The van der Waals surface area contributed by atoms with Crippen molar-refractivity contribution in [1.29, 1.82) is 0 Å². The number of nitrogens with zero attached hydrogens (tertiary/aromatic N) is 3. The molecule has 2 amide bonds. The van der Waals surface area contributed by atoms with E-state index in [1.54, 1.807) is 24.3 Å². The summed E-state index contributed by atoms with van der Waals surface area (Å²) < 4.78 is 38.9. The molecule has 0 bridgehead atoms. The zero-order valence-corrected chi connectivity index (χ0v) is 13.0. The van der Waals surface area contributed by atoms with Crippen molar-refractivity contribution in [2.24, 2.45) is 0 Å². The van der Waals surface area contributed by atoms with Crippen LogP contribution in [0.5, 0.6) is 0 Å². The second kappa shape index (κ2) is 6.75. The van der Waals surface area contributed by atoms with Crippen LogP contribution in [-0.4, -0.2) is 26.2 Å². The van der Waals surface area contributed by atoms with Crippen LogP contribution in [0.4, 0.5) is 29.3 Å². The van der Waals surface area contributed by atoms with E-state index in [9.17, 15) is 23.2 Å². The number of para-hydroxylation sites is 1. The molecule has 0 aliphatic heterocycles. The van der Waals surface area contributed by atoms with Crippen molar-refractivity contribution in [2.75, 3.05) is 10.6 Å². The molecule has 10 heteroatoms. The molecule has 1 aromatic heterocycles. The fraction of sp³-hybridized carbons (Fsp3) is 0.0625. The Kier molecular flexibility index (Phi) is 4.48. The third kappa shape index (κ3) is 3.74. The predicted molar refractivity (Wildman–Crippen MR) is 86.7 cm³/mol. The molecule has 134 valence electrons. The van der Waals surface area contributed by atoms with Crippen LogP contribution >= 0.6 is 0 Å². The second-order valence-electron chi connectivity index (χ2n) is 5.20. The van der Waals surface area contributed by atoms with E-state index in [1.165, 1.54) is 12.1 Å². The summed E-state index contributed by atoms with van der Waals surface area (Å²) in [6, 6.07) is 9.97. The van der Waals surface area contributed by atoms with Crippen molar-refractivity contribution >= 4 is 17.4 Å². The number of urea groups is 1. The summed E-state index contributed by atoms with van der Waals surface area (Å²) in [7, 11) is 0. The standard InChI is InChI=1S/C16H12F3N5O2/c17-16(18,19)10-4-3-5-11(8-10)21-15(25)22-13-7-2-1-6-12(13)14-23-20-9-24(14)26/h1-9,26H,(H2,21,22,25). The Labute approximate surface area is 145 Å². The van der Waals surface area contributed by atoms with Gasteiger partial charge in [0.05, 0.1) is 11.3 Å². The smallest absolute Gasteiger partial charge is 0.416 e. The van der Waals surface area contributed by atoms with Crippen LogP contribution in [0.2, 0.25) is 0 Å². The number of alkyl halides is 3. The maximum atomic E-state index is 12.7. The van der Waals surface area contributed by atoms with Gasteiger partial charge < -0.3 is 15.8 Å². The summed E-state index contributed by atoms with van der Waals surface area (Å²) in [5, 5.41) is 21.8. The molecule has 0 saturated heterocycles. The van der Waals surface area contributed by atoms with Gasteiger partial charge in [-0.25, -0.2) is 4.79 Å². The third-order valence-corrected chi connectivity index (χ3v) is 3.39. The molecular weight excluding hydrogens is 351 g/mol. The Hall–Kier alpha value is -3.56. The van der Waals surface area contributed by atoms with Gasteiger partial charge in [-0.1, -0.05) is 18.2 Å². The van der Waals surface area contributed by atoms with Gasteiger partial charge in [0.15, 0.2) is 6.33 Å². The Morgan fingerprint density at radius 3 is 2.54 bits per heavy atom. The second-order valence-corrected chi connectivity index (χ2v) is 5.20. The fourth-order valence-electron chi connectivity index (χ4n) is 2.25. The lowest BCUT2D eigenvalue weighted by Gasteiger charge is -2.12. The summed E-state index contributed by atoms with van der Waals surface area (Å²) in [6.45, 7) is 0. The van der Waals surface area contributed by atoms with Crippen molar-refractivity contribution in [3.63, 3.8) is 0 Å². The number of amides is 2. The molecule has 0 radical (unpaired) electrons. The van der Waals surface area contributed by atoms with E-state index in [0.717, 1.165) is 18.5 Å². The normalized spacial score (nSPS) is 11.2. The third-order valence-electron chi connectivity index (χ3n) is 3.39. The first-order chi connectivity index (χ1) is 12.3. The summed E-state index contributed by atoms with van der Waals surface area (Å²) in [5.74, 6) is 0.0972. The number of hydrogen-bond donors (Lipinski definition) is 3. The summed E-state index contributed by atoms with van der Waals surface area (Å²) in [6.07, 6.45) is -3.43. The lowest BCUT2D eigenvalue weighted by Crippen LogP contribution is -2.20. The highest BCUT2D eigenvalue weighted by molar-refractivity contribution is 6.02. The molecule has 3 aromatic rings. The Morgan fingerprint density at radius 2 is 1.85 bits per heavy atom. The molecule has 7 nitrogen and oxygen atoms in total. The number of anilines is 2. The van der Waals surface area contributed by atoms with Crippen LogP contribution in [0.25, 0.3) is 11.4 Å². The van der Waals surface area contributed by atoms with E-state index in [2.05, 4.69) is 20.8 Å². The van der Waals surface area contributed by atoms with Gasteiger partial charge in [-0.15, -0.1) is 10.2 Å². The number of aromatic nitrogens is 3. The van der Waals surface area contributed by atoms with Crippen LogP contribution in [0.3, 0.4) is 0 Å². The summed E-state index contributed by atoms with van der Waals surface area (Å²) >= 11 is 0. The highest BCUT2D eigenvalue weighted by atomic mass is 19.4. The van der Waals surface area contributed by atoms with Crippen molar-refractivity contribution < 1.29 is 23.2 Å². The van der Waals surface area contributed by atoms with E-state index < -0.39 is 17.8 Å². The monoisotopic (exact) mass is 363 g/mol. The van der Waals surface area contributed by atoms with E-state index in [-0.39, 0.29) is 11.5 Å². The van der Waals surface area contributed by atoms with E-state index in [4.69, 9.17) is 0 Å². The maximum Gasteiger partial charge on any atom is 0.416 e. The number of carbonyl (C=O) groups excluding carboxylic acids is 1. The minimum Gasteiger partial charge on any atom is -0.425 e. The predicted octanol–water partition coefficient (Wildman–Crippen LogP) is 3.85. The molecular formula is C16H12F3N5O2. The van der Waals surface area contributed by atoms with Crippen LogP contribution in [0, 0.1) is 0 Å². The van der Waals surface area contributed by atoms with E-state index >= 15 is 0 Å². The number of carbonyl (C=O) groups is 1. The van der Waals surface area contributed by atoms with Crippen LogP contribution in [0.15, 0.2) is 54.9 Å². The number of benzene rings is 2. The van der Waals surface area contributed by atoms with Crippen molar-refractivity contribution in [3.8, 4) is 11.4 Å². The Morgan fingerprint density at radius 1 is 1.08 bits per heavy atom. The molecule has 0 aliphatic rings. The first-order valence-electron chi connectivity index (χ1n) is 7.28. The van der Waals surface area contributed by atoms with Gasteiger partial charge in [-0.3, -0.25) is 0 Å². The van der Waals surface area contributed by atoms with E-state index in [0.29, 0.717) is 16.0 Å². The average molecular weight is 363 g/mol. The highest BCUT2D eigenvalue weighted by Crippen LogP contribution is 2.31. The van der Waals surface area contributed by atoms with Gasteiger partial charge in [0, 0.05) is 11.3 Å². The molecule has 3 N–H and O–H groups in total. The molecule has 0 spiro atoms. The largest absolute Gasteiger partial charge is 0.425 e. The molecule has 26 heavy (non-hydrogen) atoms. The zero-order chi connectivity index (χ0) is 18.7. The first kappa shape index (κ1) is 17.3. The number of halogens is 3. The van der Waals surface area contributed by atoms with Gasteiger partial charge in [0.25, 0.3) is 0 Å². The molecule has 3 rings (SSSR count). The highest BCUT2D eigenvalue weighted by Gasteiger charge is 2.30.